The lowest BCUT2D eigenvalue weighted by Crippen LogP contribution is -2.49. The summed E-state index contributed by atoms with van der Waals surface area (Å²) in [5.74, 6) is 1.71. The maximum absolute atomic E-state index is 11.9. The highest BCUT2D eigenvalue weighted by Gasteiger charge is 2.35. The summed E-state index contributed by atoms with van der Waals surface area (Å²) >= 11 is 0. The molecule has 1 saturated carbocycles. The van der Waals surface area contributed by atoms with Crippen LogP contribution in [0.4, 0.5) is 0 Å². The molecule has 0 aromatic heterocycles. The zero-order valence-electron chi connectivity index (χ0n) is 13.7. The molecule has 0 spiro atoms. The summed E-state index contributed by atoms with van der Waals surface area (Å²) in [6, 6.07) is 0.847. The lowest BCUT2D eigenvalue weighted by atomic mass is 9.79. The van der Waals surface area contributed by atoms with Crippen LogP contribution in [-0.4, -0.2) is 42.8 Å². The van der Waals surface area contributed by atoms with Crippen LogP contribution in [0.5, 0.6) is 0 Å². The third-order valence-electron chi connectivity index (χ3n) is 5.78. The quantitative estimate of drug-likeness (QED) is 0.865. The topological polar surface area (TPSA) is 52.6 Å². The van der Waals surface area contributed by atoms with Gasteiger partial charge < -0.3 is 4.90 Å². The Kier molecular flexibility index (Phi) is 4.69. The van der Waals surface area contributed by atoms with Crippen LogP contribution < -0.4 is 4.72 Å². The van der Waals surface area contributed by atoms with Gasteiger partial charge in [-0.2, -0.15) is 8.42 Å². The van der Waals surface area contributed by atoms with Crippen LogP contribution in [0.15, 0.2) is 12.4 Å². The molecule has 126 valence electrons. The number of nitrogens with zero attached hydrogens (tertiary/aromatic N) is 2. The minimum absolute atomic E-state index is 0.125. The molecular weight excluding hydrogens is 298 g/mol. The van der Waals surface area contributed by atoms with Crippen LogP contribution >= 0.6 is 0 Å². The molecule has 2 heterocycles. The molecule has 6 heteroatoms. The fourth-order valence-electron chi connectivity index (χ4n) is 4.29. The number of piperidine rings is 1. The summed E-state index contributed by atoms with van der Waals surface area (Å²) in [7, 11) is -3.29. The Morgan fingerprint density at radius 1 is 1.00 bits per heavy atom. The second-order valence-corrected chi connectivity index (χ2v) is 8.96. The molecule has 1 saturated heterocycles. The van der Waals surface area contributed by atoms with Crippen LogP contribution in [0.3, 0.4) is 0 Å². The minimum Gasteiger partial charge on any atom is -0.300 e. The van der Waals surface area contributed by atoms with Gasteiger partial charge in [-0.05, 0) is 50.4 Å². The highest BCUT2D eigenvalue weighted by Crippen LogP contribution is 2.33. The largest absolute Gasteiger partial charge is 0.323 e. The lowest BCUT2D eigenvalue weighted by molar-refractivity contribution is 0.0866. The third kappa shape index (κ3) is 3.27. The van der Waals surface area contributed by atoms with Crippen molar-refractivity contribution < 1.29 is 8.42 Å². The Morgan fingerprint density at radius 3 is 2.14 bits per heavy atom. The summed E-state index contributed by atoms with van der Waals surface area (Å²) in [6.07, 6.45) is 10.4. The molecule has 3 aliphatic rings. The van der Waals surface area contributed by atoms with Gasteiger partial charge >= 0.3 is 10.2 Å². The first kappa shape index (κ1) is 16.1. The van der Waals surface area contributed by atoms with Crippen molar-refractivity contribution in [3.63, 3.8) is 0 Å². The molecule has 0 unspecified atom stereocenters. The zero-order valence-corrected chi connectivity index (χ0v) is 14.6. The predicted molar refractivity (Wildman–Crippen MR) is 88.2 cm³/mol. The molecule has 0 bridgehead atoms. The van der Waals surface area contributed by atoms with Gasteiger partial charge in [0.15, 0.2) is 0 Å². The van der Waals surface area contributed by atoms with E-state index in [0.29, 0.717) is 0 Å². The van der Waals surface area contributed by atoms with Crippen molar-refractivity contribution in [2.75, 3.05) is 13.1 Å². The van der Waals surface area contributed by atoms with Gasteiger partial charge in [0.05, 0.1) is 0 Å². The maximum atomic E-state index is 11.9. The van der Waals surface area contributed by atoms with Crippen molar-refractivity contribution in [2.24, 2.45) is 11.8 Å². The fraction of sp³-hybridized carbons (Fsp3) is 0.875. The Balaban J connectivity index is 1.49. The Morgan fingerprint density at radius 2 is 1.64 bits per heavy atom. The van der Waals surface area contributed by atoms with Gasteiger partial charge in [-0.3, -0.25) is 9.03 Å². The third-order valence-corrected chi connectivity index (χ3v) is 7.18. The van der Waals surface area contributed by atoms with E-state index in [4.69, 9.17) is 0 Å². The average Bonchev–Trinajstić information content (AvgIpc) is 2.87. The van der Waals surface area contributed by atoms with E-state index in [1.807, 2.05) is 0 Å². The molecule has 1 aliphatic carbocycles. The number of nitrogens with one attached hydrogen (secondary N) is 1. The van der Waals surface area contributed by atoms with E-state index in [-0.39, 0.29) is 6.04 Å². The van der Waals surface area contributed by atoms with E-state index < -0.39 is 10.2 Å². The molecule has 2 aliphatic heterocycles. The molecule has 1 N–H and O–H groups in total. The molecule has 0 aromatic carbocycles. The predicted octanol–water partition coefficient (Wildman–Crippen LogP) is 2.29. The second kappa shape index (κ2) is 6.40. The van der Waals surface area contributed by atoms with Crippen molar-refractivity contribution in [2.45, 2.75) is 64.5 Å². The summed E-state index contributed by atoms with van der Waals surface area (Å²) < 4.78 is 27.7. The SMILES string of the molecule is CC(C)C1CCC(N2CCC(N3C=CNS3(=O)=O)CC2)CC1. The van der Waals surface area contributed by atoms with E-state index in [9.17, 15) is 8.42 Å². The van der Waals surface area contributed by atoms with Crippen molar-refractivity contribution in [3.05, 3.63) is 12.4 Å². The smallest absolute Gasteiger partial charge is 0.300 e. The first-order valence-electron chi connectivity index (χ1n) is 8.69. The number of likely N-dealkylation sites (tertiary alicyclic amines) is 1. The molecule has 0 atom stereocenters. The van der Waals surface area contributed by atoms with Crippen molar-refractivity contribution in [3.8, 4) is 0 Å². The first-order valence-corrected chi connectivity index (χ1v) is 10.1. The van der Waals surface area contributed by atoms with Crippen LogP contribution in [0.25, 0.3) is 0 Å². The molecule has 0 radical (unpaired) electrons. The van der Waals surface area contributed by atoms with E-state index in [0.717, 1.165) is 43.8 Å². The van der Waals surface area contributed by atoms with Gasteiger partial charge in [-0.25, -0.2) is 0 Å². The van der Waals surface area contributed by atoms with E-state index in [1.165, 1.54) is 36.2 Å². The van der Waals surface area contributed by atoms with E-state index in [1.54, 1.807) is 6.20 Å². The number of hydrogen-bond donors (Lipinski definition) is 1. The van der Waals surface area contributed by atoms with E-state index >= 15 is 0 Å². The van der Waals surface area contributed by atoms with Crippen molar-refractivity contribution >= 4 is 10.2 Å². The van der Waals surface area contributed by atoms with Crippen LogP contribution in [0.1, 0.15) is 52.4 Å². The Bertz CT molecular complexity index is 501. The fourth-order valence-corrected chi connectivity index (χ4v) is 5.47. The zero-order chi connectivity index (χ0) is 15.7. The average molecular weight is 327 g/mol. The number of rotatable bonds is 3. The standard InChI is InChI=1S/C16H29N3O2S/c1-13(2)14-3-5-15(6-4-14)18-10-7-16(8-11-18)19-12-9-17-22(19,20)21/h9,12-17H,3-8,10-11H2,1-2H3. The first-order chi connectivity index (χ1) is 10.5. The Hall–Kier alpha value is -0.750. The summed E-state index contributed by atoms with van der Waals surface area (Å²) in [5, 5.41) is 0. The summed E-state index contributed by atoms with van der Waals surface area (Å²) in [5.41, 5.74) is 0. The second-order valence-electron chi connectivity index (χ2n) is 7.35. The van der Waals surface area contributed by atoms with Gasteiger partial charge in [0.2, 0.25) is 0 Å². The molecule has 0 amide bonds. The van der Waals surface area contributed by atoms with Gasteiger partial charge in [-0.15, -0.1) is 0 Å². The lowest BCUT2D eigenvalue weighted by Gasteiger charge is -2.42. The molecule has 3 rings (SSSR count). The minimum atomic E-state index is -3.29. The normalized spacial score (nSPS) is 33.3. The van der Waals surface area contributed by atoms with Crippen molar-refractivity contribution in [1.82, 2.24) is 13.9 Å². The van der Waals surface area contributed by atoms with Gasteiger partial charge in [-0.1, -0.05) is 13.8 Å². The molecular formula is C16H29N3O2S. The highest BCUT2D eigenvalue weighted by atomic mass is 32.2. The molecule has 5 nitrogen and oxygen atoms in total. The summed E-state index contributed by atoms with van der Waals surface area (Å²) in [4.78, 5) is 2.60. The van der Waals surface area contributed by atoms with Gasteiger partial charge in [0.25, 0.3) is 0 Å². The molecule has 2 fully saturated rings. The van der Waals surface area contributed by atoms with Crippen LogP contribution in [0.2, 0.25) is 0 Å². The van der Waals surface area contributed by atoms with Gasteiger partial charge in [0, 0.05) is 37.6 Å². The monoisotopic (exact) mass is 327 g/mol. The van der Waals surface area contributed by atoms with Gasteiger partial charge in [0.1, 0.15) is 0 Å². The maximum Gasteiger partial charge on any atom is 0.323 e. The molecule has 22 heavy (non-hydrogen) atoms. The van der Waals surface area contributed by atoms with Crippen molar-refractivity contribution in [1.29, 1.82) is 0 Å². The van der Waals surface area contributed by atoms with Crippen LogP contribution in [-0.2, 0) is 10.2 Å². The van der Waals surface area contributed by atoms with E-state index in [2.05, 4.69) is 23.5 Å². The highest BCUT2D eigenvalue weighted by molar-refractivity contribution is 7.87. The number of hydrogen-bond acceptors (Lipinski definition) is 3. The van der Waals surface area contributed by atoms with Crippen LogP contribution in [0, 0.1) is 11.8 Å². The Labute approximate surface area is 134 Å². The summed E-state index contributed by atoms with van der Waals surface area (Å²) in [6.45, 7) is 6.74. The molecule has 0 aromatic rings.